The molecule has 6 rings (SSSR count). The summed E-state index contributed by atoms with van der Waals surface area (Å²) < 4.78 is 5.38. The molecule has 2 heterocycles. The number of hydrogen-bond acceptors (Lipinski definition) is 7. The average molecular weight is 556 g/mol. The number of rotatable bonds is 6. The molecule has 2 saturated heterocycles. The van der Waals surface area contributed by atoms with Gasteiger partial charge in [-0.05, 0) is 99.4 Å². The first-order valence-corrected chi connectivity index (χ1v) is 15.7. The Morgan fingerprint density at radius 2 is 1.97 bits per heavy atom. The first-order chi connectivity index (χ1) is 18.7. The Morgan fingerprint density at radius 3 is 2.69 bits per heavy atom. The van der Waals surface area contributed by atoms with Crippen molar-refractivity contribution in [3.05, 3.63) is 11.6 Å². The molecule has 214 valence electrons. The molecule has 0 bridgehead atoms. The second kappa shape index (κ2) is 10.6. The molecule has 0 spiro atoms. The van der Waals surface area contributed by atoms with Crippen LogP contribution in [0.1, 0.15) is 85.0 Å². The minimum atomic E-state index is -0.374. The van der Waals surface area contributed by atoms with Gasteiger partial charge < -0.3 is 10.1 Å². The summed E-state index contributed by atoms with van der Waals surface area (Å²) in [5.74, 6) is 2.73. The van der Waals surface area contributed by atoms with E-state index in [0.717, 1.165) is 49.2 Å². The van der Waals surface area contributed by atoms with E-state index in [9.17, 15) is 9.59 Å². The number of carbonyl (C=O) groups excluding carboxylic acids is 2. The normalized spacial score (nSPS) is 40.3. The zero-order valence-corrected chi connectivity index (χ0v) is 24.7. The summed E-state index contributed by atoms with van der Waals surface area (Å²) in [5.41, 5.74) is 2.77. The zero-order valence-electron chi connectivity index (χ0n) is 23.9. The molecule has 5 fully saturated rings. The highest BCUT2D eigenvalue weighted by atomic mass is 32.1. The van der Waals surface area contributed by atoms with Gasteiger partial charge in [-0.25, -0.2) is 4.79 Å². The summed E-state index contributed by atoms with van der Waals surface area (Å²) >= 11 is 5.48. The van der Waals surface area contributed by atoms with Crippen LogP contribution in [0.15, 0.2) is 16.8 Å². The van der Waals surface area contributed by atoms with Crippen molar-refractivity contribution in [2.45, 2.75) is 97.1 Å². The van der Waals surface area contributed by atoms with E-state index in [1.807, 2.05) is 6.08 Å². The summed E-state index contributed by atoms with van der Waals surface area (Å²) in [6.45, 7) is 9.59. The molecule has 0 aromatic heterocycles. The lowest BCUT2D eigenvalue weighted by molar-refractivity contribution is -0.117. The van der Waals surface area contributed by atoms with Crippen LogP contribution in [0, 0.1) is 34.5 Å². The minimum absolute atomic E-state index is 0.0494. The van der Waals surface area contributed by atoms with E-state index in [-0.39, 0.29) is 29.0 Å². The van der Waals surface area contributed by atoms with Crippen LogP contribution in [0.5, 0.6) is 0 Å². The second-order valence-corrected chi connectivity index (χ2v) is 14.2. The van der Waals surface area contributed by atoms with Crippen molar-refractivity contribution >= 4 is 34.7 Å². The van der Waals surface area contributed by atoms with Crippen LogP contribution in [0.2, 0.25) is 0 Å². The fourth-order valence-electron chi connectivity index (χ4n) is 9.49. The Labute approximate surface area is 238 Å². The fourth-order valence-corrected chi connectivity index (χ4v) is 9.79. The van der Waals surface area contributed by atoms with Gasteiger partial charge in [-0.3, -0.25) is 14.5 Å². The number of carbonyl (C=O) groups is 2. The van der Waals surface area contributed by atoms with Crippen LogP contribution in [0.3, 0.4) is 0 Å². The molecule has 7 nitrogen and oxygen atoms in total. The molecule has 0 aromatic rings. The Balaban J connectivity index is 1.11. The van der Waals surface area contributed by atoms with Gasteiger partial charge in [0.05, 0.1) is 25.0 Å². The number of ether oxygens (including phenoxy) is 1. The van der Waals surface area contributed by atoms with Gasteiger partial charge in [-0.15, -0.1) is 0 Å². The molecule has 2 aliphatic heterocycles. The predicted octanol–water partition coefficient (Wildman–Crippen LogP) is 5.47. The molecule has 0 aromatic carbocycles. The molecule has 1 unspecified atom stereocenters. The van der Waals surface area contributed by atoms with Gasteiger partial charge in [-0.2, -0.15) is 0 Å². The number of nitrogens with zero attached hydrogens (tertiary/aromatic N) is 2. The standard InChI is InChI=1S/C31H45N3O4S/c1-19(33-38-29(36)34(21-17-37-18-21)15-11-27-28(39)10-14-32-27)24-6-7-25-23-5-4-20-16-22(35)8-12-30(20,2)26(23)9-13-31(24,25)3/h16,21,23-27,32H,4-15,17-18H2,1-3H3/b33-19+/t23-,24+,25-,26-,27?,30-,31+/m0/s1. The maximum absolute atomic E-state index is 13.2. The van der Waals surface area contributed by atoms with Gasteiger partial charge >= 0.3 is 6.09 Å². The smallest absolute Gasteiger partial charge is 0.377 e. The van der Waals surface area contributed by atoms with E-state index in [1.165, 1.54) is 31.3 Å². The Hall–Kier alpha value is -1.64. The number of amides is 1. The van der Waals surface area contributed by atoms with Crippen LogP contribution < -0.4 is 5.32 Å². The van der Waals surface area contributed by atoms with Crippen molar-refractivity contribution in [1.82, 2.24) is 10.2 Å². The number of thiocarbonyl (C=S) groups is 1. The third-order valence-electron chi connectivity index (χ3n) is 11.8. The molecule has 0 radical (unpaired) electrons. The molecule has 8 heteroatoms. The van der Waals surface area contributed by atoms with Crippen LogP contribution in [-0.2, 0) is 14.4 Å². The van der Waals surface area contributed by atoms with Gasteiger partial charge in [0.25, 0.3) is 0 Å². The largest absolute Gasteiger partial charge is 0.436 e. The highest BCUT2D eigenvalue weighted by molar-refractivity contribution is 7.80. The third-order valence-corrected chi connectivity index (χ3v) is 12.3. The minimum Gasteiger partial charge on any atom is -0.377 e. The van der Waals surface area contributed by atoms with Gasteiger partial charge in [-0.1, -0.05) is 36.8 Å². The van der Waals surface area contributed by atoms with E-state index >= 15 is 0 Å². The van der Waals surface area contributed by atoms with E-state index < -0.39 is 0 Å². The molecule has 39 heavy (non-hydrogen) atoms. The van der Waals surface area contributed by atoms with Gasteiger partial charge in [0.15, 0.2) is 5.78 Å². The van der Waals surface area contributed by atoms with Crippen LogP contribution in [-0.4, -0.2) is 65.7 Å². The highest BCUT2D eigenvalue weighted by Gasteiger charge is 2.59. The van der Waals surface area contributed by atoms with Crippen molar-refractivity contribution in [3.8, 4) is 0 Å². The Kier molecular flexibility index (Phi) is 7.51. The molecule has 1 amide bonds. The van der Waals surface area contributed by atoms with Crippen LogP contribution in [0.4, 0.5) is 4.79 Å². The zero-order chi connectivity index (χ0) is 27.4. The quantitative estimate of drug-likeness (QED) is 0.203. The lowest BCUT2D eigenvalue weighted by Crippen LogP contribution is -2.53. The van der Waals surface area contributed by atoms with E-state index in [1.54, 1.807) is 4.90 Å². The van der Waals surface area contributed by atoms with E-state index in [0.29, 0.717) is 55.6 Å². The maximum Gasteiger partial charge on any atom is 0.436 e. The van der Waals surface area contributed by atoms with E-state index in [2.05, 4.69) is 31.2 Å². The summed E-state index contributed by atoms with van der Waals surface area (Å²) in [7, 11) is 0. The molecule has 7 atom stereocenters. The first kappa shape index (κ1) is 27.5. The second-order valence-electron chi connectivity index (χ2n) is 13.6. The molecule has 4 aliphatic carbocycles. The van der Waals surface area contributed by atoms with Crippen molar-refractivity contribution < 1.29 is 19.2 Å². The summed E-state index contributed by atoms with van der Waals surface area (Å²) in [4.78, 5) is 33.8. The Bertz CT molecular complexity index is 1090. The van der Waals surface area contributed by atoms with Crippen molar-refractivity contribution in [3.63, 3.8) is 0 Å². The number of ketones is 1. The lowest BCUT2D eigenvalue weighted by Gasteiger charge is -2.58. The van der Waals surface area contributed by atoms with Crippen LogP contribution >= 0.6 is 12.2 Å². The highest BCUT2D eigenvalue weighted by Crippen LogP contribution is 2.66. The lowest BCUT2D eigenvalue weighted by atomic mass is 9.46. The number of hydrogen-bond donors (Lipinski definition) is 1. The fraction of sp³-hybridized carbons (Fsp3) is 0.806. The topological polar surface area (TPSA) is 80.2 Å². The van der Waals surface area contributed by atoms with Crippen LogP contribution in [0.25, 0.3) is 0 Å². The van der Waals surface area contributed by atoms with Crippen molar-refractivity contribution in [2.75, 3.05) is 26.3 Å². The molecular formula is C31H45N3O4S. The SMILES string of the molecule is C/C(=N\OC(=O)N(CCC1NCCC1=S)C1COC1)[C@H]1CC[C@H]2[C@@H]3CCC4=CC(=O)CC[C@]4(C)[C@H]3CC[C@]12C. The number of nitrogens with one attached hydrogen (secondary N) is 1. The summed E-state index contributed by atoms with van der Waals surface area (Å²) in [6, 6.07) is 0.239. The molecule has 6 aliphatic rings. The monoisotopic (exact) mass is 555 g/mol. The van der Waals surface area contributed by atoms with Crippen molar-refractivity contribution in [1.29, 1.82) is 0 Å². The average Bonchev–Trinajstić information content (AvgIpc) is 3.46. The Morgan fingerprint density at radius 1 is 1.15 bits per heavy atom. The molecule has 1 N–H and O–H groups in total. The predicted molar refractivity (Wildman–Crippen MR) is 155 cm³/mol. The van der Waals surface area contributed by atoms with E-state index in [4.69, 9.17) is 21.8 Å². The maximum atomic E-state index is 13.2. The molecule has 3 saturated carbocycles. The first-order valence-electron chi connectivity index (χ1n) is 15.3. The summed E-state index contributed by atoms with van der Waals surface area (Å²) in [6.07, 6.45) is 12.1. The van der Waals surface area contributed by atoms with Crippen molar-refractivity contribution in [2.24, 2.45) is 39.7 Å². The third kappa shape index (κ3) is 4.82. The van der Waals surface area contributed by atoms with Gasteiger partial charge in [0.2, 0.25) is 0 Å². The molecular weight excluding hydrogens is 510 g/mol. The number of oxime groups is 1. The number of fused-ring (bicyclic) bond motifs is 5. The summed E-state index contributed by atoms with van der Waals surface area (Å²) in [5, 5.41) is 7.92. The van der Waals surface area contributed by atoms with Gasteiger partial charge in [0.1, 0.15) is 0 Å². The number of allylic oxidation sites excluding steroid dienone is 1. The van der Waals surface area contributed by atoms with Gasteiger partial charge in [0, 0.05) is 36.3 Å².